The van der Waals surface area contributed by atoms with Crippen molar-refractivity contribution in [2.75, 3.05) is 0 Å². The molecule has 0 radical (unpaired) electrons. The third-order valence-electron chi connectivity index (χ3n) is 4.99. The van der Waals surface area contributed by atoms with E-state index in [1.165, 1.54) is 30.4 Å². The van der Waals surface area contributed by atoms with Crippen molar-refractivity contribution >= 4 is 0 Å². The first kappa shape index (κ1) is 12.2. The Morgan fingerprint density at radius 3 is 2.78 bits per heavy atom. The molecule has 18 heavy (non-hydrogen) atoms. The van der Waals surface area contributed by atoms with E-state index >= 15 is 0 Å². The first-order chi connectivity index (χ1) is 8.59. The summed E-state index contributed by atoms with van der Waals surface area (Å²) in [4.78, 5) is 0. The van der Waals surface area contributed by atoms with Gasteiger partial charge in [0.1, 0.15) is 0 Å². The largest absolute Gasteiger partial charge is 0.392 e. The molecule has 0 aliphatic heterocycles. The Balaban J connectivity index is 1.76. The van der Waals surface area contributed by atoms with E-state index in [1.807, 2.05) is 0 Å². The normalized spacial score (nSPS) is 33.6. The van der Waals surface area contributed by atoms with Gasteiger partial charge in [-0.15, -0.1) is 0 Å². The SMILES string of the molecule is CC1(C)C(O)CC1NC1CCCc2ccccc21. The predicted octanol–water partition coefficient (Wildman–Crippen LogP) is 2.81. The molecular formula is C16H23NO. The maximum Gasteiger partial charge on any atom is 0.0621 e. The highest BCUT2D eigenvalue weighted by molar-refractivity contribution is 5.32. The topological polar surface area (TPSA) is 32.3 Å². The number of aryl methyl sites for hydroxylation is 1. The zero-order valence-electron chi connectivity index (χ0n) is 11.3. The molecule has 2 nitrogen and oxygen atoms in total. The molecule has 2 aliphatic carbocycles. The predicted molar refractivity (Wildman–Crippen MR) is 73.4 cm³/mol. The van der Waals surface area contributed by atoms with Crippen LogP contribution in [0.4, 0.5) is 0 Å². The number of fused-ring (bicyclic) bond motifs is 1. The molecule has 0 bridgehead atoms. The Kier molecular flexibility index (Phi) is 2.95. The fraction of sp³-hybridized carbons (Fsp3) is 0.625. The van der Waals surface area contributed by atoms with Gasteiger partial charge in [-0.3, -0.25) is 0 Å². The molecule has 2 aliphatic rings. The average molecular weight is 245 g/mol. The summed E-state index contributed by atoms with van der Waals surface area (Å²) in [6.45, 7) is 4.32. The van der Waals surface area contributed by atoms with Crippen molar-refractivity contribution in [1.29, 1.82) is 0 Å². The number of aliphatic hydroxyl groups is 1. The van der Waals surface area contributed by atoms with Crippen molar-refractivity contribution < 1.29 is 5.11 Å². The van der Waals surface area contributed by atoms with Gasteiger partial charge in [0.25, 0.3) is 0 Å². The lowest BCUT2D eigenvalue weighted by Crippen LogP contribution is -2.60. The summed E-state index contributed by atoms with van der Waals surface area (Å²) < 4.78 is 0. The van der Waals surface area contributed by atoms with Gasteiger partial charge in [-0.25, -0.2) is 0 Å². The zero-order chi connectivity index (χ0) is 12.8. The number of hydrogen-bond acceptors (Lipinski definition) is 2. The molecule has 0 aromatic heterocycles. The van der Waals surface area contributed by atoms with E-state index in [0.29, 0.717) is 12.1 Å². The lowest BCUT2D eigenvalue weighted by atomic mass is 9.64. The zero-order valence-corrected chi connectivity index (χ0v) is 11.3. The molecule has 0 heterocycles. The summed E-state index contributed by atoms with van der Waals surface area (Å²) in [6, 6.07) is 9.71. The molecule has 1 saturated carbocycles. The van der Waals surface area contributed by atoms with Gasteiger partial charge in [-0.2, -0.15) is 0 Å². The van der Waals surface area contributed by atoms with Crippen LogP contribution < -0.4 is 5.32 Å². The van der Waals surface area contributed by atoms with E-state index in [9.17, 15) is 5.11 Å². The third-order valence-corrected chi connectivity index (χ3v) is 4.99. The van der Waals surface area contributed by atoms with Crippen molar-refractivity contribution in [3.8, 4) is 0 Å². The molecule has 1 fully saturated rings. The van der Waals surface area contributed by atoms with Gasteiger partial charge < -0.3 is 10.4 Å². The second-order valence-electron chi connectivity index (χ2n) is 6.44. The van der Waals surface area contributed by atoms with Gasteiger partial charge >= 0.3 is 0 Å². The minimum Gasteiger partial charge on any atom is -0.392 e. The van der Waals surface area contributed by atoms with Crippen LogP contribution in [0.25, 0.3) is 0 Å². The lowest BCUT2D eigenvalue weighted by molar-refractivity contribution is -0.0766. The molecule has 3 atom stereocenters. The smallest absolute Gasteiger partial charge is 0.0621 e. The highest BCUT2D eigenvalue weighted by Crippen LogP contribution is 2.42. The van der Waals surface area contributed by atoms with Gasteiger partial charge in [0, 0.05) is 17.5 Å². The second kappa shape index (κ2) is 4.36. The lowest BCUT2D eigenvalue weighted by Gasteiger charge is -2.51. The third kappa shape index (κ3) is 1.88. The first-order valence-corrected chi connectivity index (χ1v) is 7.11. The summed E-state index contributed by atoms with van der Waals surface area (Å²) in [7, 11) is 0. The molecule has 3 rings (SSSR count). The fourth-order valence-electron chi connectivity index (χ4n) is 3.36. The van der Waals surface area contributed by atoms with Crippen LogP contribution in [-0.4, -0.2) is 17.3 Å². The van der Waals surface area contributed by atoms with E-state index in [-0.39, 0.29) is 11.5 Å². The maximum atomic E-state index is 9.83. The molecule has 3 unspecified atom stereocenters. The monoisotopic (exact) mass is 245 g/mol. The summed E-state index contributed by atoms with van der Waals surface area (Å²) >= 11 is 0. The molecule has 0 amide bonds. The van der Waals surface area contributed by atoms with Crippen LogP contribution >= 0.6 is 0 Å². The number of nitrogens with one attached hydrogen (secondary N) is 1. The summed E-state index contributed by atoms with van der Waals surface area (Å²) in [5.41, 5.74) is 2.99. The molecule has 2 heteroatoms. The number of hydrogen-bond donors (Lipinski definition) is 2. The van der Waals surface area contributed by atoms with Crippen molar-refractivity contribution in [1.82, 2.24) is 5.32 Å². The maximum absolute atomic E-state index is 9.83. The van der Waals surface area contributed by atoms with Crippen molar-refractivity contribution in [3.63, 3.8) is 0 Å². The standard InChI is InChI=1S/C16H23NO/c1-16(2)14(10-15(16)18)17-13-9-5-7-11-6-3-4-8-12(11)13/h3-4,6,8,13-15,17-18H,5,7,9-10H2,1-2H3. The van der Waals surface area contributed by atoms with Crippen LogP contribution in [0.15, 0.2) is 24.3 Å². The highest BCUT2D eigenvalue weighted by Gasteiger charge is 2.47. The van der Waals surface area contributed by atoms with Gasteiger partial charge in [0.2, 0.25) is 0 Å². The minimum atomic E-state index is -0.145. The highest BCUT2D eigenvalue weighted by atomic mass is 16.3. The molecule has 0 spiro atoms. The van der Waals surface area contributed by atoms with Crippen LogP contribution in [-0.2, 0) is 6.42 Å². The van der Waals surface area contributed by atoms with Crippen LogP contribution in [0.5, 0.6) is 0 Å². The fourth-order valence-corrected chi connectivity index (χ4v) is 3.36. The molecular weight excluding hydrogens is 222 g/mol. The number of benzene rings is 1. The van der Waals surface area contributed by atoms with Gasteiger partial charge in [0.15, 0.2) is 0 Å². The van der Waals surface area contributed by atoms with E-state index in [1.54, 1.807) is 0 Å². The van der Waals surface area contributed by atoms with E-state index in [0.717, 1.165) is 6.42 Å². The van der Waals surface area contributed by atoms with Crippen LogP contribution in [0.3, 0.4) is 0 Å². The van der Waals surface area contributed by atoms with Gasteiger partial charge in [-0.05, 0) is 36.8 Å². The van der Waals surface area contributed by atoms with Crippen LogP contribution in [0.2, 0.25) is 0 Å². The number of aliphatic hydroxyl groups excluding tert-OH is 1. The van der Waals surface area contributed by atoms with E-state index in [4.69, 9.17) is 0 Å². The molecule has 1 aromatic rings. The Labute approximate surface area is 109 Å². The van der Waals surface area contributed by atoms with Crippen molar-refractivity contribution in [3.05, 3.63) is 35.4 Å². The molecule has 2 N–H and O–H groups in total. The Hall–Kier alpha value is -0.860. The first-order valence-electron chi connectivity index (χ1n) is 7.11. The van der Waals surface area contributed by atoms with Crippen molar-refractivity contribution in [2.24, 2.45) is 5.41 Å². The minimum absolute atomic E-state index is 0.0202. The average Bonchev–Trinajstić information content (AvgIpc) is 2.39. The summed E-state index contributed by atoms with van der Waals surface area (Å²) in [6.07, 6.45) is 4.45. The molecule has 1 aromatic carbocycles. The second-order valence-corrected chi connectivity index (χ2v) is 6.44. The van der Waals surface area contributed by atoms with Gasteiger partial charge in [0.05, 0.1) is 6.10 Å². The summed E-state index contributed by atoms with van der Waals surface area (Å²) in [5.74, 6) is 0. The Bertz CT molecular complexity index is 440. The van der Waals surface area contributed by atoms with E-state index in [2.05, 4.69) is 43.4 Å². The Morgan fingerprint density at radius 2 is 2.06 bits per heavy atom. The van der Waals surface area contributed by atoms with Crippen molar-refractivity contribution in [2.45, 2.75) is 57.7 Å². The van der Waals surface area contributed by atoms with E-state index < -0.39 is 0 Å². The quantitative estimate of drug-likeness (QED) is 0.839. The molecule has 0 saturated heterocycles. The number of rotatable bonds is 2. The van der Waals surface area contributed by atoms with Crippen LogP contribution in [0, 0.1) is 5.41 Å². The van der Waals surface area contributed by atoms with Crippen LogP contribution in [0.1, 0.15) is 50.3 Å². The van der Waals surface area contributed by atoms with Gasteiger partial charge in [-0.1, -0.05) is 38.1 Å². The summed E-state index contributed by atoms with van der Waals surface area (Å²) in [5, 5.41) is 13.6. The Morgan fingerprint density at radius 1 is 1.28 bits per heavy atom. The molecule has 98 valence electrons.